The molecule has 1 saturated carbocycles. The van der Waals surface area contributed by atoms with Crippen LogP contribution in [0.15, 0.2) is 48.8 Å². The van der Waals surface area contributed by atoms with Gasteiger partial charge >= 0.3 is 0 Å². The van der Waals surface area contributed by atoms with Gasteiger partial charge in [0.1, 0.15) is 0 Å². The summed E-state index contributed by atoms with van der Waals surface area (Å²) in [6.07, 6.45) is 7.28. The van der Waals surface area contributed by atoms with Crippen LogP contribution in [0.4, 0.5) is 0 Å². The maximum atomic E-state index is 12.4. The highest BCUT2D eigenvalue weighted by Gasteiger charge is 2.20. The molecule has 0 spiro atoms. The predicted molar refractivity (Wildman–Crippen MR) is 102 cm³/mol. The molecule has 1 aromatic carbocycles. The molecule has 1 aromatic heterocycles. The molecule has 4 nitrogen and oxygen atoms in total. The summed E-state index contributed by atoms with van der Waals surface area (Å²) in [6, 6.07) is 12.4. The van der Waals surface area contributed by atoms with Gasteiger partial charge in [0.25, 0.3) is 5.91 Å². The van der Waals surface area contributed by atoms with Crippen molar-refractivity contribution in [3.63, 3.8) is 0 Å². The van der Waals surface area contributed by atoms with E-state index in [-0.39, 0.29) is 42.8 Å². The molecule has 130 valence electrons. The molecule has 1 aliphatic rings. The number of benzene rings is 1. The van der Waals surface area contributed by atoms with Crippen LogP contribution in [-0.4, -0.2) is 23.0 Å². The smallest absolute Gasteiger partial charge is 0.253 e. The molecule has 1 fully saturated rings. The number of halogens is 2. The van der Waals surface area contributed by atoms with Crippen molar-refractivity contribution in [2.75, 3.05) is 0 Å². The normalized spacial score (nSPS) is 19.5. The lowest BCUT2D eigenvalue weighted by Crippen LogP contribution is -2.40. The number of carbonyl (C=O) groups is 1. The van der Waals surface area contributed by atoms with Crippen LogP contribution in [0, 0.1) is 0 Å². The molecule has 0 unspecified atom stereocenters. The number of carbonyl (C=O) groups excluding carboxylic acids is 1. The lowest BCUT2D eigenvalue weighted by molar-refractivity contribution is 0.0925. The Hall–Kier alpha value is -1.62. The molecule has 0 atom stereocenters. The van der Waals surface area contributed by atoms with Gasteiger partial charge in [-0.25, -0.2) is 0 Å². The van der Waals surface area contributed by atoms with Crippen molar-refractivity contribution in [3.05, 3.63) is 54.4 Å². The Morgan fingerprint density at radius 1 is 1.00 bits per heavy atom. The minimum atomic E-state index is -0.0502. The largest absolute Gasteiger partial charge is 0.349 e. The number of nitrogens with two attached hydrogens (primary N) is 1. The van der Waals surface area contributed by atoms with E-state index in [0.717, 1.165) is 36.8 Å². The second-order valence-corrected chi connectivity index (χ2v) is 5.91. The first-order valence-corrected chi connectivity index (χ1v) is 7.79. The van der Waals surface area contributed by atoms with E-state index in [9.17, 15) is 4.79 Å². The zero-order valence-electron chi connectivity index (χ0n) is 13.4. The molecule has 3 N–H and O–H groups in total. The number of pyridine rings is 1. The molecule has 3 rings (SSSR count). The Morgan fingerprint density at radius 3 is 2.33 bits per heavy atom. The van der Waals surface area contributed by atoms with Crippen molar-refractivity contribution < 1.29 is 4.79 Å². The van der Waals surface area contributed by atoms with Gasteiger partial charge in [-0.2, -0.15) is 0 Å². The van der Waals surface area contributed by atoms with Crippen LogP contribution in [0.5, 0.6) is 0 Å². The maximum absolute atomic E-state index is 12.4. The molecule has 2 aromatic rings. The Morgan fingerprint density at radius 2 is 1.67 bits per heavy atom. The standard InChI is InChI=1S/C18H21N3O.2ClH/c19-16-6-8-17(9-7-16)21-18(22)15-10-14(11-20-12-15)13-4-2-1-3-5-13;;/h1-5,10-12,16-17H,6-9,19H2,(H,21,22);2*1H. The van der Waals surface area contributed by atoms with Gasteiger partial charge in [-0.05, 0) is 37.3 Å². The number of amides is 1. The highest BCUT2D eigenvalue weighted by molar-refractivity contribution is 5.95. The molecule has 1 aliphatic carbocycles. The van der Waals surface area contributed by atoms with E-state index in [4.69, 9.17) is 5.73 Å². The first-order chi connectivity index (χ1) is 10.7. The predicted octanol–water partition coefficient (Wildman–Crippen LogP) is 3.59. The van der Waals surface area contributed by atoms with Crippen molar-refractivity contribution in [1.29, 1.82) is 0 Å². The highest BCUT2D eigenvalue weighted by Crippen LogP contribution is 2.20. The van der Waals surface area contributed by atoms with E-state index in [1.54, 1.807) is 12.4 Å². The van der Waals surface area contributed by atoms with Gasteiger partial charge in [0.15, 0.2) is 0 Å². The van der Waals surface area contributed by atoms with Gasteiger partial charge in [-0.1, -0.05) is 30.3 Å². The molecular weight excluding hydrogens is 345 g/mol. The molecule has 0 saturated heterocycles. The Balaban J connectivity index is 0.00000144. The first kappa shape index (κ1) is 20.4. The molecular formula is C18H23Cl2N3O. The fourth-order valence-electron chi connectivity index (χ4n) is 2.88. The average Bonchev–Trinajstić information content (AvgIpc) is 2.58. The number of hydrogen-bond acceptors (Lipinski definition) is 3. The van der Waals surface area contributed by atoms with Crippen LogP contribution in [0.2, 0.25) is 0 Å². The van der Waals surface area contributed by atoms with E-state index < -0.39 is 0 Å². The second kappa shape index (κ2) is 9.62. The second-order valence-electron chi connectivity index (χ2n) is 5.91. The van der Waals surface area contributed by atoms with Crippen LogP contribution >= 0.6 is 24.8 Å². The number of nitrogens with zero attached hydrogens (tertiary/aromatic N) is 1. The number of nitrogens with one attached hydrogen (secondary N) is 1. The lowest BCUT2D eigenvalue weighted by Gasteiger charge is -2.26. The Kier molecular flexibility index (Phi) is 8.19. The number of rotatable bonds is 3. The maximum Gasteiger partial charge on any atom is 0.253 e. The third-order valence-electron chi connectivity index (χ3n) is 4.21. The van der Waals surface area contributed by atoms with Gasteiger partial charge in [0.05, 0.1) is 5.56 Å². The van der Waals surface area contributed by atoms with Crippen LogP contribution < -0.4 is 11.1 Å². The fraction of sp³-hybridized carbons (Fsp3) is 0.333. The topological polar surface area (TPSA) is 68.0 Å². The minimum Gasteiger partial charge on any atom is -0.349 e. The van der Waals surface area contributed by atoms with Gasteiger partial charge in [-0.3, -0.25) is 9.78 Å². The van der Waals surface area contributed by atoms with Gasteiger partial charge in [-0.15, -0.1) is 24.8 Å². The van der Waals surface area contributed by atoms with Crippen molar-refractivity contribution in [2.45, 2.75) is 37.8 Å². The van der Waals surface area contributed by atoms with Crippen LogP contribution in [0.1, 0.15) is 36.0 Å². The van der Waals surface area contributed by atoms with E-state index in [2.05, 4.69) is 10.3 Å². The Labute approximate surface area is 155 Å². The minimum absolute atomic E-state index is 0. The number of aromatic nitrogens is 1. The van der Waals surface area contributed by atoms with Crippen LogP contribution in [0.25, 0.3) is 11.1 Å². The quantitative estimate of drug-likeness (QED) is 0.870. The molecule has 24 heavy (non-hydrogen) atoms. The number of hydrogen-bond donors (Lipinski definition) is 2. The fourth-order valence-corrected chi connectivity index (χ4v) is 2.88. The van der Waals surface area contributed by atoms with E-state index in [0.29, 0.717) is 5.56 Å². The van der Waals surface area contributed by atoms with Crippen molar-refractivity contribution in [2.24, 2.45) is 5.73 Å². The SMILES string of the molecule is Cl.Cl.NC1CCC(NC(=O)c2cncc(-c3ccccc3)c2)CC1. The highest BCUT2D eigenvalue weighted by atomic mass is 35.5. The summed E-state index contributed by atoms with van der Waals surface area (Å²) in [6.45, 7) is 0. The average molecular weight is 368 g/mol. The molecule has 1 amide bonds. The van der Waals surface area contributed by atoms with Gasteiger partial charge in [0, 0.05) is 30.0 Å². The summed E-state index contributed by atoms with van der Waals surface area (Å²) in [5, 5.41) is 3.10. The van der Waals surface area contributed by atoms with Crippen molar-refractivity contribution >= 4 is 30.7 Å². The van der Waals surface area contributed by atoms with Crippen LogP contribution in [-0.2, 0) is 0 Å². The van der Waals surface area contributed by atoms with Crippen LogP contribution in [0.3, 0.4) is 0 Å². The lowest BCUT2D eigenvalue weighted by atomic mass is 9.91. The Bertz CT molecular complexity index is 644. The molecule has 1 heterocycles. The zero-order chi connectivity index (χ0) is 15.4. The van der Waals surface area contributed by atoms with E-state index in [1.807, 2.05) is 36.4 Å². The zero-order valence-corrected chi connectivity index (χ0v) is 15.0. The summed E-state index contributed by atoms with van der Waals surface area (Å²) in [5.74, 6) is -0.0502. The molecule has 6 heteroatoms. The van der Waals surface area contributed by atoms with Gasteiger partial charge in [0.2, 0.25) is 0 Å². The molecule has 0 radical (unpaired) electrons. The third-order valence-corrected chi connectivity index (χ3v) is 4.21. The van der Waals surface area contributed by atoms with E-state index >= 15 is 0 Å². The monoisotopic (exact) mass is 367 g/mol. The third kappa shape index (κ3) is 5.20. The van der Waals surface area contributed by atoms with Crippen molar-refractivity contribution in [3.8, 4) is 11.1 Å². The van der Waals surface area contributed by atoms with E-state index in [1.165, 1.54) is 0 Å². The summed E-state index contributed by atoms with van der Waals surface area (Å²) in [7, 11) is 0. The summed E-state index contributed by atoms with van der Waals surface area (Å²) < 4.78 is 0. The molecule has 0 aliphatic heterocycles. The van der Waals surface area contributed by atoms with Crippen molar-refractivity contribution in [1.82, 2.24) is 10.3 Å². The summed E-state index contributed by atoms with van der Waals surface area (Å²) in [5.41, 5.74) is 8.53. The summed E-state index contributed by atoms with van der Waals surface area (Å²) >= 11 is 0. The molecule has 0 bridgehead atoms. The first-order valence-electron chi connectivity index (χ1n) is 7.79. The van der Waals surface area contributed by atoms with Gasteiger partial charge < -0.3 is 11.1 Å². The summed E-state index contributed by atoms with van der Waals surface area (Å²) in [4.78, 5) is 16.6.